The van der Waals surface area contributed by atoms with Crippen molar-refractivity contribution in [3.05, 3.63) is 12.4 Å². The van der Waals surface area contributed by atoms with Gasteiger partial charge in [0.05, 0.1) is 18.5 Å². The smallest absolute Gasteiger partial charge is 0.241 e. The molecule has 1 aliphatic rings. The maximum absolute atomic E-state index is 11.5. The van der Waals surface area contributed by atoms with Crippen LogP contribution in [0.4, 0.5) is 5.82 Å². The van der Waals surface area contributed by atoms with E-state index in [1.165, 1.54) is 0 Å². The van der Waals surface area contributed by atoms with Crippen LogP contribution in [0.2, 0.25) is 0 Å². The zero-order valence-electron chi connectivity index (χ0n) is 11.2. The van der Waals surface area contributed by atoms with Gasteiger partial charge in [-0.25, -0.2) is 0 Å². The maximum atomic E-state index is 11.5. The normalized spacial score (nSPS) is 19.5. The molecule has 0 bridgehead atoms. The van der Waals surface area contributed by atoms with E-state index in [4.69, 9.17) is 10.5 Å². The summed E-state index contributed by atoms with van der Waals surface area (Å²) in [7, 11) is 0. The summed E-state index contributed by atoms with van der Waals surface area (Å²) < 4.78 is 5.51. The standard InChI is InChI=1S/C12H19N5O2/c1-8(2)19-11-7-15-6-10(16-11)17-4-3-14-5-9(17)12(13)18/h6-9,14H,3-5H2,1-2H3,(H2,13,18). The fraction of sp³-hybridized carbons (Fsp3) is 0.583. The number of nitrogens with one attached hydrogen (secondary N) is 1. The molecule has 1 aromatic rings. The van der Waals surface area contributed by atoms with Gasteiger partial charge in [-0.2, -0.15) is 4.98 Å². The molecule has 1 saturated heterocycles. The average molecular weight is 265 g/mol. The van der Waals surface area contributed by atoms with E-state index in [0.29, 0.717) is 24.8 Å². The van der Waals surface area contributed by atoms with Gasteiger partial charge in [0.2, 0.25) is 11.8 Å². The van der Waals surface area contributed by atoms with Gasteiger partial charge < -0.3 is 20.7 Å². The minimum atomic E-state index is -0.405. The van der Waals surface area contributed by atoms with E-state index in [1.807, 2.05) is 18.7 Å². The summed E-state index contributed by atoms with van der Waals surface area (Å²) in [6, 6.07) is -0.405. The van der Waals surface area contributed by atoms with Crippen LogP contribution in [-0.2, 0) is 4.79 Å². The number of carbonyl (C=O) groups is 1. The third-order valence-corrected chi connectivity index (χ3v) is 2.82. The lowest BCUT2D eigenvalue weighted by Gasteiger charge is -2.34. The summed E-state index contributed by atoms with van der Waals surface area (Å²) in [6.45, 7) is 5.80. The molecule has 1 aliphatic heterocycles. The molecule has 1 unspecified atom stereocenters. The molecule has 0 aliphatic carbocycles. The van der Waals surface area contributed by atoms with Crippen molar-refractivity contribution < 1.29 is 9.53 Å². The van der Waals surface area contributed by atoms with Crippen molar-refractivity contribution in [2.24, 2.45) is 5.73 Å². The van der Waals surface area contributed by atoms with E-state index in [2.05, 4.69) is 15.3 Å². The Morgan fingerprint density at radius 1 is 1.58 bits per heavy atom. The lowest BCUT2D eigenvalue weighted by Crippen LogP contribution is -2.57. The Balaban J connectivity index is 2.21. The van der Waals surface area contributed by atoms with Gasteiger partial charge in [-0.15, -0.1) is 0 Å². The van der Waals surface area contributed by atoms with Crippen molar-refractivity contribution in [1.29, 1.82) is 0 Å². The van der Waals surface area contributed by atoms with Crippen LogP contribution in [0.1, 0.15) is 13.8 Å². The van der Waals surface area contributed by atoms with Gasteiger partial charge in [0.1, 0.15) is 6.04 Å². The lowest BCUT2D eigenvalue weighted by molar-refractivity contribution is -0.119. The second-order valence-corrected chi connectivity index (χ2v) is 4.70. The molecule has 7 nitrogen and oxygen atoms in total. The summed E-state index contributed by atoms with van der Waals surface area (Å²) in [5, 5.41) is 3.14. The number of amides is 1. The van der Waals surface area contributed by atoms with Crippen molar-refractivity contribution in [3.63, 3.8) is 0 Å². The molecule has 1 amide bonds. The average Bonchev–Trinajstić information content (AvgIpc) is 2.38. The Morgan fingerprint density at radius 3 is 3.05 bits per heavy atom. The molecule has 3 N–H and O–H groups in total. The first-order chi connectivity index (χ1) is 9.08. The zero-order chi connectivity index (χ0) is 13.8. The van der Waals surface area contributed by atoms with Gasteiger partial charge in [-0.1, -0.05) is 0 Å². The molecular formula is C12H19N5O2. The fourth-order valence-electron chi connectivity index (χ4n) is 2.01. The van der Waals surface area contributed by atoms with Crippen molar-refractivity contribution in [1.82, 2.24) is 15.3 Å². The topological polar surface area (TPSA) is 93.4 Å². The molecule has 0 saturated carbocycles. The van der Waals surface area contributed by atoms with E-state index in [9.17, 15) is 4.79 Å². The molecule has 0 aromatic carbocycles. The quantitative estimate of drug-likeness (QED) is 0.764. The first-order valence-corrected chi connectivity index (χ1v) is 6.33. The van der Waals surface area contributed by atoms with Crippen molar-refractivity contribution in [2.75, 3.05) is 24.5 Å². The number of rotatable bonds is 4. The van der Waals surface area contributed by atoms with Gasteiger partial charge in [0.25, 0.3) is 0 Å². The van der Waals surface area contributed by atoms with Crippen LogP contribution in [0.3, 0.4) is 0 Å². The SMILES string of the molecule is CC(C)Oc1cncc(N2CCNCC2C(N)=O)n1. The number of ether oxygens (including phenoxy) is 1. The van der Waals surface area contributed by atoms with Gasteiger partial charge >= 0.3 is 0 Å². The van der Waals surface area contributed by atoms with Crippen molar-refractivity contribution in [3.8, 4) is 5.88 Å². The molecule has 1 fully saturated rings. The Bertz CT molecular complexity index is 452. The van der Waals surface area contributed by atoms with Crippen molar-refractivity contribution >= 4 is 11.7 Å². The zero-order valence-corrected chi connectivity index (χ0v) is 11.2. The number of anilines is 1. The number of carbonyl (C=O) groups excluding carboxylic acids is 1. The van der Waals surface area contributed by atoms with Crippen LogP contribution in [0.25, 0.3) is 0 Å². The van der Waals surface area contributed by atoms with E-state index < -0.39 is 6.04 Å². The summed E-state index contributed by atoms with van der Waals surface area (Å²) in [5.41, 5.74) is 5.41. The predicted molar refractivity (Wildman–Crippen MR) is 71.0 cm³/mol. The minimum absolute atomic E-state index is 0.0273. The molecule has 1 atom stereocenters. The van der Waals surface area contributed by atoms with E-state index in [1.54, 1.807) is 12.4 Å². The second-order valence-electron chi connectivity index (χ2n) is 4.70. The molecule has 0 radical (unpaired) electrons. The molecule has 19 heavy (non-hydrogen) atoms. The number of primary amides is 1. The monoisotopic (exact) mass is 265 g/mol. The molecule has 7 heteroatoms. The Hall–Kier alpha value is -1.89. The summed E-state index contributed by atoms with van der Waals surface area (Å²) in [5.74, 6) is 0.696. The summed E-state index contributed by atoms with van der Waals surface area (Å²) in [6.07, 6.45) is 3.21. The fourth-order valence-corrected chi connectivity index (χ4v) is 2.01. The van der Waals surface area contributed by atoms with Crippen LogP contribution in [0.5, 0.6) is 5.88 Å². The highest BCUT2D eigenvalue weighted by Crippen LogP contribution is 2.18. The van der Waals surface area contributed by atoms with Crippen LogP contribution < -0.4 is 20.7 Å². The number of hydrogen-bond acceptors (Lipinski definition) is 6. The number of aromatic nitrogens is 2. The predicted octanol–water partition coefficient (Wildman–Crippen LogP) is -0.473. The Labute approximate surface area is 112 Å². The van der Waals surface area contributed by atoms with Crippen LogP contribution >= 0.6 is 0 Å². The Kier molecular flexibility index (Phi) is 4.16. The van der Waals surface area contributed by atoms with Crippen molar-refractivity contribution in [2.45, 2.75) is 26.0 Å². The molecule has 104 valence electrons. The van der Waals surface area contributed by atoms with Crippen LogP contribution in [-0.4, -0.2) is 47.7 Å². The number of nitrogens with two attached hydrogens (primary N) is 1. The first-order valence-electron chi connectivity index (χ1n) is 6.33. The minimum Gasteiger partial charge on any atom is -0.474 e. The summed E-state index contributed by atoms with van der Waals surface area (Å²) >= 11 is 0. The Morgan fingerprint density at radius 2 is 2.37 bits per heavy atom. The largest absolute Gasteiger partial charge is 0.474 e. The highest BCUT2D eigenvalue weighted by molar-refractivity contribution is 5.83. The maximum Gasteiger partial charge on any atom is 0.241 e. The van der Waals surface area contributed by atoms with Gasteiger partial charge in [-0.05, 0) is 13.8 Å². The van der Waals surface area contributed by atoms with E-state index in [-0.39, 0.29) is 12.0 Å². The van der Waals surface area contributed by atoms with Gasteiger partial charge in [-0.3, -0.25) is 9.78 Å². The number of piperazine rings is 1. The molecule has 0 spiro atoms. The molecular weight excluding hydrogens is 246 g/mol. The molecule has 2 heterocycles. The van der Waals surface area contributed by atoms with E-state index in [0.717, 1.165) is 6.54 Å². The highest BCUT2D eigenvalue weighted by Gasteiger charge is 2.28. The number of hydrogen-bond donors (Lipinski definition) is 2. The van der Waals surface area contributed by atoms with Gasteiger partial charge in [0.15, 0.2) is 5.82 Å². The highest BCUT2D eigenvalue weighted by atomic mass is 16.5. The third kappa shape index (κ3) is 3.31. The lowest BCUT2D eigenvalue weighted by atomic mass is 10.2. The summed E-state index contributed by atoms with van der Waals surface area (Å²) in [4.78, 5) is 21.8. The first kappa shape index (κ1) is 13.5. The van der Waals surface area contributed by atoms with Crippen LogP contribution in [0, 0.1) is 0 Å². The van der Waals surface area contributed by atoms with Gasteiger partial charge in [0, 0.05) is 19.6 Å². The second kappa shape index (κ2) is 5.83. The van der Waals surface area contributed by atoms with E-state index >= 15 is 0 Å². The molecule has 2 rings (SSSR count). The third-order valence-electron chi connectivity index (χ3n) is 2.82. The number of nitrogens with zero attached hydrogens (tertiary/aromatic N) is 3. The van der Waals surface area contributed by atoms with Crippen LogP contribution in [0.15, 0.2) is 12.4 Å². The molecule has 1 aromatic heterocycles.